The topological polar surface area (TPSA) is 89.2 Å². The minimum absolute atomic E-state index is 0.0623. The molecule has 12 heteroatoms. The van der Waals surface area contributed by atoms with Gasteiger partial charge in [-0.3, -0.25) is 0 Å². The van der Waals surface area contributed by atoms with Gasteiger partial charge in [0, 0.05) is 0 Å². The van der Waals surface area contributed by atoms with Crippen LogP contribution < -0.4 is 4.72 Å². The van der Waals surface area contributed by atoms with Gasteiger partial charge in [0.1, 0.15) is 5.01 Å². The summed E-state index contributed by atoms with van der Waals surface area (Å²) in [7, 11) is -3.81. The molecule has 0 fully saturated rings. The van der Waals surface area contributed by atoms with Crippen LogP contribution in [0, 0.1) is 13.8 Å². The molecule has 0 unspecified atom stereocenters. The zero-order valence-corrected chi connectivity index (χ0v) is 14.6. The highest BCUT2D eigenvalue weighted by Crippen LogP contribution is 2.29. The molecule has 1 N–H and O–H groups in total. The number of fused-ring (bicyclic) bond motifs is 1. The molecule has 3 rings (SSSR count). The maximum atomic E-state index is 12.8. The Kier molecular flexibility index (Phi) is 4.29. The average Bonchev–Trinajstić information content (AvgIpc) is 3.06. The Morgan fingerprint density at radius 1 is 1.20 bits per heavy atom. The molecule has 0 aliphatic heterocycles. The Morgan fingerprint density at radius 2 is 1.92 bits per heavy atom. The molecule has 3 aromatic rings. The van der Waals surface area contributed by atoms with Gasteiger partial charge in [-0.15, -0.1) is 10.2 Å². The molecule has 2 aromatic heterocycles. The first kappa shape index (κ1) is 17.8. The van der Waals surface area contributed by atoms with Gasteiger partial charge in [-0.25, -0.2) is 13.1 Å². The summed E-state index contributed by atoms with van der Waals surface area (Å²) in [5.41, 5.74) is 1.77. The summed E-state index contributed by atoms with van der Waals surface area (Å²) < 4.78 is 65.8. The third kappa shape index (κ3) is 3.50. The average molecular weight is 391 g/mol. The van der Waals surface area contributed by atoms with Crippen molar-refractivity contribution in [3.63, 3.8) is 0 Å². The van der Waals surface area contributed by atoms with Crippen LogP contribution in [0.1, 0.15) is 22.0 Å². The first-order valence-electron chi connectivity index (χ1n) is 6.93. The van der Waals surface area contributed by atoms with Crippen LogP contribution in [-0.4, -0.2) is 28.2 Å². The fourth-order valence-electron chi connectivity index (χ4n) is 2.03. The number of nitrogens with one attached hydrogen (secondary N) is 1. The van der Waals surface area contributed by atoms with E-state index in [2.05, 4.69) is 20.0 Å². The van der Waals surface area contributed by atoms with Gasteiger partial charge in [0.15, 0.2) is 0 Å². The predicted molar refractivity (Wildman–Crippen MR) is 83.6 cm³/mol. The van der Waals surface area contributed by atoms with E-state index >= 15 is 0 Å². The van der Waals surface area contributed by atoms with Crippen LogP contribution in [-0.2, 0) is 22.7 Å². The zero-order chi connectivity index (χ0) is 18.4. The van der Waals surface area contributed by atoms with Gasteiger partial charge in [0.2, 0.25) is 15.0 Å². The summed E-state index contributed by atoms with van der Waals surface area (Å²) in [6.07, 6.45) is -4.69. The molecule has 0 aliphatic carbocycles. The molecule has 7 nitrogen and oxygen atoms in total. The standard InChI is InChI=1S/C13H12F3N5O2S2/c1-7-3-4-9(5-8(7)2)25(22,23)17-6-10-20-21-11(13(14,15)16)18-19-12(21)24-10/h3-5,17H,6H2,1-2H3. The molecular weight excluding hydrogens is 379 g/mol. The van der Waals surface area contributed by atoms with Crippen molar-refractivity contribution < 1.29 is 21.6 Å². The van der Waals surface area contributed by atoms with Crippen molar-refractivity contribution in [2.45, 2.75) is 31.5 Å². The van der Waals surface area contributed by atoms with E-state index in [9.17, 15) is 21.6 Å². The molecule has 0 saturated carbocycles. The Bertz CT molecular complexity index is 1040. The minimum atomic E-state index is -4.69. The summed E-state index contributed by atoms with van der Waals surface area (Å²) in [6, 6.07) is 4.67. The number of sulfonamides is 1. The van der Waals surface area contributed by atoms with E-state index in [1.165, 1.54) is 12.1 Å². The summed E-state index contributed by atoms with van der Waals surface area (Å²) in [6.45, 7) is 3.40. The van der Waals surface area contributed by atoms with E-state index in [0.29, 0.717) is 4.52 Å². The lowest BCUT2D eigenvalue weighted by molar-refractivity contribution is -0.146. The van der Waals surface area contributed by atoms with Crippen molar-refractivity contribution in [1.82, 2.24) is 24.5 Å². The maximum Gasteiger partial charge on any atom is 0.453 e. The number of rotatable bonds is 4. The Morgan fingerprint density at radius 3 is 2.56 bits per heavy atom. The highest BCUT2D eigenvalue weighted by Gasteiger charge is 2.38. The van der Waals surface area contributed by atoms with E-state index in [0.717, 1.165) is 22.5 Å². The molecule has 0 radical (unpaired) electrons. The number of aryl methyl sites for hydroxylation is 2. The van der Waals surface area contributed by atoms with Crippen LogP contribution in [0.3, 0.4) is 0 Å². The van der Waals surface area contributed by atoms with Gasteiger partial charge in [-0.05, 0) is 37.1 Å². The van der Waals surface area contributed by atoms with Gasteiger partial charge in [-0.1, -0.05) is 17.4 Å². The molecule has 134 valence electrons. The molecular formula is C13H12F3N5O2S2. The summed E-state index contributed by atoms with van der Waals surface area (Å²) in [5.74, 6) is -1.25. The summed E-state index contributed by atoms with van der Waals surface area (Å²) in [4.78, 5) is 0.0160. The van der Waals surface area contributed by atoms with Crippen molar-refractivity contribution in [3.05, 3.63) is 40.2 Å². The molecule has 0 bridgehead atoms. The molecule has 0 spiro atoms. The molecule has 0 atom stereocenters. The van der Waals surface area contributed by atoms with Gasteiger partial charge >= 0.3 is 6.18 Å². The monoisotopic (exact) mass is 391 g/mol. The number of benzene rings is 1. The van der Waals surface area contributed by atoms with Gasteiger partial charge in [0.25, 0.3) is 5.82 Å². The number of aromatic nitrogens is 4. The van der Waals surface area contributed by atoms with Crippen molar-refractivity contribution in [2.75, 3.05) is 0 Å². The normalized spacial score (nSPS) is 12.8. The minimum Gasteiger partial charge on any atom is -0.207 e. The lowest BCUT2D eigenvalue weighted by Gasteiger charge is -2.07. The van der Waals surface area contributed by atoms with Crippen LogP contribution in [0.4, 0.5) is 13.2 Å². The largest absolute Gasteiger partial charge is 0.453 e. The highest BCUT2D eigenvalue weighted by atomic mass is 32.2. The number of hydrogen-bond acceptors (Lipinski definition) is 6. The Labute approximate surface area is 144 Å². The third-order valence-electron chi connectivity index (χ3n) is 3.49. The zero-order valence-electron chi connectivity index (χ0n) is 13.0. The van der Waals surface area contributed by atoms with Crippen LogP contribution in [0.2, 0.25) is 0 Å². The van der Waals surface area contributed by atoms with Gasteiger partial charge in [0.05, 0.1) is 11.4 Å². The van der Waals surface area contributed by atoms with E-state index in [-0.39, 0.29) is 21.4 Å². The molecule has 2 heterocycles. The quantitative estimate of drug-likeness (QED) is 0.737. The smallest absolute Gasteiger partial charge is 0.207 e. The lowest BCUT2D eigenvalue weighted by Crippen LogP contribution is -2.23. The second kappa shape index (κ2) is 6.04. The second-order valence-electron chi connectivity index (χ2n) is 5.28. The van der Waals surface area contributed by atoms with E-state index < -0.39 is 22.0 Å². The van der Waals surface area contributed by atoms with Crippen LogP contribution in [0.15, 0.2) is 23.1 Å². The first-order valence-corrected chi connectivity index (χ1v) is 9.23. The molecule has 1 aromatic carbocycles. The number of alkyl halides is 3. The Hall–Kier alpha value is -2.05. The van der Waals surface area contributed by atoms with Gasteiger partial charge in [-0.2, -0.15) is 22.8 Å². The third-order valence-corrected chi connectivity index (χ3v) is 5.79. The second-order valence-corrected chi connectivity index (χ2v) is 8.09. The van der Waals surface area contributed by atoms with Crippen LogP contribution in [0.25, 0.3) is 4.96 Å². The summed E-state index contributed by atoms with van der Waals surface area (Å²) >= 11 is 0.827. The molecule has 0 aliphatic rings. The predicted octanol–water partition coefficient (Wildman–Crippen LogP) is 2.30. The fourth-order valence-corrected chi connectivity index (χ4v) is 3.96. The number of nitrogens with zero attached hydrogens (tertiary/aromatic N) is 4. The van der Waals surface area contributed by atoms with E-state index in [1.807, 2.05) is 6.92 Å². The van der Waals surface area contributed by atoms with E-state index in [1.54, 1.807) is 13.0 Å². The maximum absolute atomic E-state index is 12.8. The van der Waals surface area contributed by atoms with Crippen molar-refractivity contribution >= 4 is 26.3 Å². The highest BCUT2D eigenvalue weighted by molar-refractivity contribution is 7.89. The van der Waals surface area contributed by atoms with Gasteiger partial charge < -0.3 is 0 Å². The molecule has 0 saturated heterocycles. The van der Waals surface area contributed by atoms with Crippen molar-refractivity contribution in [2.24, 2.45) is 0 Å². The SMILES string of the molecule is Cc1ccc(S(=O)(=O)NCc2nn3c(C(F)(F)F)nnc3s2)cc1C. The number of halogens is 3. The molecule has 25 heavy (non-hydrogen) atoms. The van der Waals surface area contributed by atoms with Crippen molar-refractivity contribution in [1.29, 1.82) is 0 Å². The summed E-state index contributed by atoms with van der Waals surface area (Å²) in [5, 5.41) is 10.3. The van der Waals surface area contributed by atoms with E-state index in [4.69, 9.17) is 0 Å². The Balaban J connectivity index is 1.82. The van der Waals surface area contributed by atoms with Crippen molar-refractivity contribution in [3.8, 4) is 0 Å². The first-order chi connectivity index (χ1) is 11.6. The lowest BCUT2D eigenvalue weighted by atomic mass is 10.1. The fraction of sp³-hybridized carbons (Fsp3) is 0.308. The van der Waals surface area contributed by atoms with Crippen LogP contribution >= 0.6 is 11.3 Å². The van der Waals surface area contributed by atoms with Crippen LogP contribution in [0.5, 0.6) is 0 Å². The molecule has 0 amide bonds. The number of hydrogen-bond donors (Lipinski definition) is 1.